The summed E-state index contributed by atoms with van der Waals surface area (Å²) in [6.07, 6.45) is 5.27. The summed E-state index contributed by atoms with van der Waals surface area (Å²) in [4.78, 5) is 29.0. The number of likely N-dealkylation sites (tertiary alicyclic amines) is 1. The Kier molecular flexibility index (Phi) is 5.42. The number of rotatable bonds is 6. The van der Waals surface area contributed by atoms with Crippen molar-refractivity contribution in [1.29, 1.82) is 0 Å². The number of aryl methyl sites for hydroxylation is 1. The molecular weight excluding hydrogens is 413 g/mol. The fraction of sp³-hybridized carbons (Fsp3) is 0.409. The number of carbonyl (C=O) groups is 2. The van der Waals surface area contributed by atoms with Crippen LogP contribution in [0.4, 0.5) is 10.1 Å². The van der Waals surface area contributed by atoms with Gasteiger partial charge >= 0.3 is 0 Å². The third-order valence-corrected chi connectivity index (χ3v) is 6.09. The summed E-state index contributed by atoms with van der Waals surface area (Å²) < 4.78 is 17.4. The molecule has 1 aromatic carbocycles. The fourth-order valence-corrected chi connectivity index (χ4v) is 4.51. The van der Waals surface area contributed by atoms with Crippen molar-refractivity contribution in [2.24, 2.45) is 0 Å². The van der Waals surface area contributed by atoms with Gasteiger partial charge in [0.2, 0.25) is 5.91 Å². The summed E-state index contributed by atoms with van der Waals surface area (Å²) >= 11 is 0. The zero-order chi connectivity index (χ0) is 22.1. The molecule has 5 rings (SSSR count). The van der Waals surface area contributed by atoms with Gasteiger partial charge in [0.15, 0.2) is 5.69 Å². The number of benzene rings is 1. The number of halogens is 1. The highest BCUT2D eigenvalue weighted by Gasteiger charge is 2.36. The Labute approximate surface area is 184 Å². The van der Waals surface area contributed by atoms with E-state index in [2.05, 4.69) is 15.4 Å². The van der Waals surface area contributed by atoms with E-state index < -0.39 is 6.17 Å². The van der Waals surface area contributed by atoms with Gasteiger partial charge in [0, 0.05) is 44.0 Å². The van der Waals surface area contributed by atoms with Crippen LogP contribution in [0.25, 0.3) is 0 Å². The van der Waals surface area contributed by atoms with E-state index in [1.54, 1.807) is 39.1 Å². The van der Waals surface area contributed by atoms with Crippen molar-refractivity contribution < 1.29 is 14.0 Å². The highest BCUT2D eigenvalue weighted by atomic mass is 19.1. The Morgan fingerprint density at radius 2 is 2.03 bits per heavy atom. The number of anilines is 1. The van der Waals surface area contributed by atoms with Crippen molar-refractivity contribution in [1.82, 2.24) is 29.7 Å². The van der Waals surface area contributed by atoms with Gasteiger partial charge in [-0.3, -0.25) is 14.3 Å². The standard InChI is InChI=1S/C22H24FN7O2/c23-17-12-18(30(13-17)21(31)7-10-27-9-3-8-24-27)14-28-15-19(25-26-28)22(32)29-11-6-16-4-1-2-5-20(16)29/h1-5,8-9,15,17-18H,6-7,10-14H2/t17-,18-/m0/s1. The summed E-state index contributed by atoms with van der Waals surface area (Å²) in [5, 5.41) is 12.2. The van der Waals surface area contributed by atoms with Crippen molar-refractivity contribution in [2.75, 3.05) is 18.0 Å². The summed E-state index contributed by atoms with van der Waals surface area (Å²) in [7, 11) is 0. The minimum absolute atomic E-state index is 0.0770. The smallest absolute Gasteiger partial charge is 0.280 e. The van der Waals surface area contributed by atoms with Crippen LogP contribution in [0.3, 0.4) is 0 Å². The predicted molar refractivity (Wildman–Crippen MR) is 114 cm³/mol. The van der Waals surface area contributed by atoms with Crippen LogP contribution < -0.4 is 4.90 Å². The van der Waals surface area contributed by atoms with Crippen LogP contribution in [-0.2, 0) is 24.3 Å². The predicted octanol–water partition coefficient (Wildman–Crippen LogP) is 1.71. The van der Waals surface area contributed by atoms with Gasteiger partial charge in [0.25, 0.3) is 5.91 Å². The maximum Gasteiger partial charge on any atom is 0.280 e. The largest absolute Gasteiger partial charge is 0.335 e. The number of nitrogens with zero attached hydrogens (tertiary/aromatic N) is 7. The minimum Gasteiger partial charge on any atom is -0.335 e. The lowest BCUT2D eigenvalue weighted by Gasteiger charge is -2.24. The molecule has 2 aliphatic rings. The van der Waals surface area contributed by atoms with Gasteiger partial charge in [-0.05, 0) is 24.1 Å². The summed E-state index contributed by atoms with van der Waals surface area (Å²) in [5.74, 6) is -0.320. The first kappa shape index (κ1) is 20.3. The van der Waals surface area contributed by atoms with Gasteiger partial charge in [-0.1, -0.05) is 23.4 Å². The molecule has 166 valence electrons. The Hall–Kier alpha value is -3.56. The molecule has 0 aliphatic carbocycles. The van der Waals surface area contributed by atoms with E-state index in [4.69, 9.17) is 0 Å². The summed E-state index contributed by atoms with van der Waals surface area (Å²) in [6, 6.07) is 9.29. The van der Waals surface area contributed by atoms with E-state index in [0.29, 0.717) is 19.6 Å². The van der Waals surface area contributed by atoms with Gasteiger partial charge in [0.1, 0.15) is 6.17 Å². The average molecular weight is 437 g/mol. The van der Waals surface area contributed by atoms with Gasteiger partial charge in [-0.25, -0.2) is 9.07 Å². The van der Waals surface area contributed by atoms with Gasteiger partial charge < -0.3 is 9.80 Å². The zero-order valence-electron chi connectivity index (χ0n) is 17.5. The van der Waals surface area contributed by atoms with Gasteiger partial charge in [-0.2, -0.15) is 5.10 Å². The first-order chi connectivity index (χ1) is 15.6. The second-order valence-electron chi connectivity index (χ2n) is 8.21. The zero-order valence-corrected chi connectivity index (χ0v) is 17.5. The number of hydrogen-bond acceptors (Lipinski definition) is 5. The Balaban J connectivity index is 1.24. The van der Waals surface area contributed by atoms with Crippen LogP contribution >= 0.6 is 0 Å². The molecule has 4 heterocycles. The Morgan fingerprint density at radius 3 is 2.88 bits per heavy atom. The molecule has 0 saturated carbocycles. The van der Waals surface area contributed by atoms with Crippen LogP contribution in [0.5, 0.6) is 0 Å². The van der Waals surface area contributed by atoms with Crippen LogP contribution in [0.2, 0.25) is 0 Å². The molecule has 3 aromatic rings. The molecule has 2 atom stereocenters. The number of carbonyl (C=O) groups excluding carboxylic acids is 2. The maximum absolute atomic E-state index is 14.2. The average Bonchev–Trinajstić information content (AvgIpc) is 3.58. The van der Waals surface area contributed by atoms with E-state index in [1.165, 1.54) is 4.68 Å². The molecule has 9 nitrogen and oxygen atoms in total. The Bertz CT molecular complexity index is 1110. The molecule has 2 aliphatic heterocycles. The lowest BCUT2D eigenvalue weighted by Crippen LogP contribution is -2.38. The normalized spacial score (nSPS) is 20.0. The molecule has 32 heavy (non-hydrogen) atoms. The second kappa shape index (κ2) is 8.52. The quantitative estimate of drug-likeness (QED) is 0.586. The third-order valence-electron chi connectivity index (χ3n) is 6.09. The van der Waals surface area contributed by atoms with E-state index >= 15 is 0 Å². The summed E-state index contributed by atoms with van der Waals surface area (Å²) in [6.45, 7) is 1.43. The maximum atomic E-state index is 14.2. The molecule has 0 bridgehead atoms. The highest BCUT2D eigenvalue weighted by molar-refractivity contribution is 6.05. The topological polar surface area (TPSA) is 89.2 Å². The van der Waals surface area contributed by atoms with Crippen molar-refractivity contribution >= 4 is 17.5 Å². The second-order valence-corrected chi connectivity index (χ2v) is 8.21. The van der Waals surface area contributed by atoms with E-state index in [0.717, 1.165) is 17.7 Å². The first-order valence-electron chi connectivity index (χ1n) is 10.8. The van der Waals surface area contributed by atoms with E-state index in [1.807, 2.05) is 24.3 Å². The number of hydrogen-bond donors (Lipinski definition) is 0. The SMILES string of the molecule is O=C(c1cn(C[C@@H]2C[C@H](F)CN2C(=O)CCn2cccn2)nn1)N1CCc2ccccc21. The van der Waals surface area contributed by atoms with Crippen LogP contribution in [0.1, 0.15) is 28.9 Å². The van der Waals surface area contributed by atoms with Crippen molar-refractivity contribution in [2.45, 2.75) is 44.6 Å². The summed E-state index contributed by atoms with van der Waals surface area (Å²) in [5.41, 5.74) is 2.28. The number of alkyl halides is 1. The molecular formula is C22H24FN7O2. The molecule has 2 amide bonds. The van der Waals surface area contributed by atoms with E-state index in [9.17, 15) is 14.0 Å². The third kappa shape index (κ3) is 4.00. The van der Waals surface area contributed by atoms with E-state index in [-0.39, 0.29) is 42.9 Å². The molecule has 0 spiro atoms. The molecule has 0 radical (unpaired) electrons. The molecule has 1 fully saturated rings. The molecule has 0 N–H and O–H groups in total. The number of para-hydroxylation sites is 1. The fourth-order valence-electron chi connectivity index (χ4n) is 4.51. The number of aromatic nitrogens is 5. The van der Waals surface area contributed by atoms with Crippen molar-refractivity contribution in [3.05, 3.63) is 60.2 Å². The lowest BCUT2D eigenvalue weighted by atomic mass is 10.2. The monoisotopic (exact) mass is 437 g/mol. The van der Waals surface area contributed by atoms with Gasteiger partial charge in [0.05, 0.1) is 25.3 Å². The number of fused-ring (bicyclic) bond motifs is 1. The Morgan fingerprint density at radius 1 is 1.16 bits per heavy atom. The molecule has 2 aromatic heterocycles. The number of amides is 2. The van der Waals surface area contributed by atoms with Crippen molar-refractivity contribution in [3.63, 3.8) is 0 Å². The minimum atomic E-state index is -1.07. The highest BCUT2D eigenvalue weighted by Crippen LogP contribution is 2.28. The van der Waals surface area contributed by atoms with Gasteiger partial charge in [-0.15, -0.1) is 5.10 Å². The molecule has 1 saturated heterocycles. The first-order valence-corrected chi connectivity index (χ1v) is 10.8. The van der Waals surface area contributed by atoms with Crippen LogP contribution in [0, 0.1) is 0 Å². The van der Waals surface area contributed by atoms with Crippen LogP contribution in [-0.4, -0.2) is 66.8 Å². The van der Waals surface area contributed by atoms with Crippen molar-refractivity contribution in [3.8, 4) is 0 Å². The molecule has 10 heteroatoms. The molecule has 0 unspecified atom stereocenters. The van der Waals surface area contributed by atoms with Crippen LogP contribution in [0.15, 0.2) is 48.9 Å². The lowest BCUT2D eigenvalue weighted by molar-refractivity contribution is -0.132.